The summed E-state index contributed by atoms with van der Waals surface area (Å²) in [5.41, 5.74) is 1.42. The molecule has 0 saturated heterocycles. The molecule has 0 fully saturated rings. The van der Waals surface area contributed by atoms with Crippen LogP contribution in [0.15, 0.2) is 58.4 Å². The maximum atomic E-state index is 12.8. The maximum Gasteiger partial charge on any atom is 0.335 e. The molecule has 0 radical (unpaired) electrons. The second-order valence-corrected chi connectivity index (χ2v) is 9.41. The Bertz CT molecular complexity index is 1310. The minimum absolute atomic E-state index is 0.114. The Kier molecular flexibility index (Phi) is 5.10. The van der Waals surface area contributed by atoms with Crippen molar-refractivity contribution in [3.63, 3.8) is 0 Å². The minimum atomic E-state index is -1.05. The van der Waals surface area contributed by atoms with E-state index in [4.69, 9.17) is 9.84 Å². The number of hydrogen-bond donors (Lipinski definition) is 2. The fourth-order valence-electron chi connectivity index (χ4n) is 3.96. The van der Waals surface area contributed by atoms with E-state index >= 15 is 0 Å². The number of para-hydroxylation sites is 1. The van der Waals surface area contributed by atoms with Crippen molar-refractivity contribution in [2.45, 2.75) is 17.5 Å². The Labute approximate surface area is 189 Å². The van der Waals surface area contributed by atoms with Crippen LogP contribution in [0.5, 0.6) is 5.75 Å². The third-order valence-electron chi connectivity index (χ3n) is 5.44. The van der Waals surface area contributed by atoms with E-state index in [0.717, 1.165) is 21.8 Å². The van der Waals surface area contributed by atoms with Crippen LogP contribution >= 0.6 is 23.1 Å². The van der Waals surface area contributed by atoms with Crippen LogP contribution in [-0.4, -0.2) is 33.3 Å². The normalized spacial score (nSPS) is 18.7. The van der Waals surface area contributed by atoms with Gasteiger partial charge >= 0.3 is 16.8 Å². The van der Waals surface area contributed by atoms with Gasteiger partial charge in [-0.3, -0.25) is 19.0 Å². The van der Waals surface area contributed by atoms with Gasteiger partial charge in [-0.25, -0.2) is 4.79 Å². The van der Waals surface area contributed by atoms with Crippen molar-refractivity contribution in [1.29, 1.82) is 0 Å². The number of anilines is 1. The largest absolute Gasteiger partial charge is 0.478 e. The molecule has 2 N–H and O–H groups in total. The van der Waals surface area contributed by atoms with Gasteiger partial charge in [-0.05, 0) is 30.3 Å². The van der Waals surface area contributed by atoms with Gasteiger partial charge in [0, 0.05) is 27.8 Å². The topological polar surface area (TPSA) is 115 Å². The standard InChI is InChI=1S/C22H16N2O6S2/c25-16(23-12-7-5-11(6-8-12)20(26)27)9-24-19-18(32-22(24)29)17-13-3-1-2-4-15(13)30-21(28)14(17)10-31-19/h1-8,14,17H,9-10H2,(H,23,25)(H,26,27). The van der Waals surface area contributed by atoms with E-state index in [2.05, 4.69) is 5.32 Å². The number of hydrogen-bond acceptors (Lipinski definition) is 7. The third-order valence-corrected chi connectivity index (χ3v) is 7.87. The molecular formula is C22H16N2O6S2. The molecule has 2 aliphatic heterocycles. The number of benzene rings is 2. The first kappa shape index (κ1) is 20.5. The first-order valence-electron chi connectivity index (χ1n) is 9.72. The zero-order chi connectivity index (χ0) is 22.4. The number of nitrogens with zero attached hydrogens (tertiary/aromatic N) is 1. The van der Waals surface area contributed by atoms with E-state index in [0.29, 0.717) is 22.2 Å². The fraction of sp³-hybridized carbons (Fsp3) is 0.182. The number of fused-ring (bicyclic) bond motifs is 5. The summed E-state index contributed by atoms with van der Waals surface area (Å²) in [4.78, 5) is 49.4. The average Bonchev–Trinajstić information content (AvgIpc) is 3.09. The molecule has 5 rings (SSSR count). The van der Waals surface area contributed by atoms with E-state index in [9.17, 15) is 19.2 Å². The summed E-state index contributed by atoms with van der Waals surface area (Å²) in [7, 11) is 0. The van der Waals surface area contributed by atoms with Crippen molar-refractivity contribution < 1.29 is 24.2 Å². The lowest BCUT2D eigenvalue weighted by Crippen LogP contribution is -2.36. The molecule has 8 nitrogen and oxygen atoms in total. The Morgan fingerprint density at radius 2 is 1.88 bits per heavy atom. The number of carboxylic acid groups (broad SMARTS) is 1. The van der Waals surface area contributed by atoms with Crippen molar-refractivity contribution in [3.05, 3.63) is 74.2 Å². The molecule has 2 aliphatic rings. The molecule has 10 heteroatoms. The molecule has 2 atom stereocenters. The van der Waals surface area contributed by atoms with E-state index < -0.39 is 11.9 Å². The molecule has 0 spiro atoms. The highest BCUT2D eigenvalue weighted by Gasteiger charge is 2.44. The summed E-state index contributed by atoms with van der Waals surface area (Å²) in [6, 6.07) is 13.1. The summed E-state index contributed by atoms with van der Waals surface area (Å²) in [6.45, 7) is -0.179. The molecule has 3 aromatic rings. The maximum absolute atomic E-state index is 12.8. The van der Waals surface area contributed by atoms with Crippen LogP contribution in [0.3, 0.4) is 0 Å². The Hall–Kier alpha value is -3.37. The van der Waals surface area contributed by atoms with Crippen LogP contribution in [0.25, 0.3) is 0 Å². The van der Waals surface area contributed by atoms with E-state index in [1.54, 1.807) is 12.1 Å². The molecule has 0 aliphatic carbocycles. The van der Waals surface area contributed by atoms with Gasteiger partial charge in [0.25, 0.3) is 0 Å². The van der Waals surface area contributed by atoms with Crippen LogP contribution in [0, 0.1) is 5.92 Å². The number of thioether (sulfide) groups is 1. The Balaban J connectivity index is 1.42. The number of ether oxygens (including phenoxy) is 1. The summed E-state index contributed by atoms with van der Waals surface area (Å²) in [5, 5.41) is 12.4. The van der Waals surface area contributed by atoms with Crippen LogP contribution in [0.2, 0.25) is 0 Å². The van der Waals surface area contributed by atoms with Gasteiger partial charge in [0.1, 0.15) is 12.3 Å². The zero-order valence-electron chi connectivity index (χ0n) is 16.4. The lowest BCUT2D eigenvalue weighted by molar-refractivity contribution is -0.140. The number of carbonyl (C=O) groups excluding carboxylic acids is 2. The highest BCUT2D eigenvalue weighted by atomic mass is 32.2. The number of esters is 1. The van der Waals surface area contributed by atoms with E-state index in [-0.39, 0.29) is 34.8 Å². The molecule has 2 aromatic carbocycles. The van der Waals surface area contributed by atoms with E-state index in [1.807, 2.05) is 12.1 Å². The van der Waals surface area contributed by atoms with Gasteiger partial charge in [-0.15, -0.1) is 11.8 Å². The molecule has 0 bridgehead atoms. The van der Waals surface area contributed by atoms with Gasteiger partial charge in [0.15, 0.2) is 0 Å². The first-order chi connectivity index (χ1) is 15.4. The summed E-state index contributed by atoms with van der Waals surface area (Å²) < 4.78 is 6.91. The van der Waals surface area contributed by atoms with Gasteiger partial charge < -0.3 is 15.2 Å². The number of amides is 1. The predicted octanol–water partition coefficient (Wildman–Crippen LogP) is 3.02. The third kappa shape index (κ3) is 3.51. The Morgan fingerprint density at radius 3 is 2.62 bits per heavy atom. The number of carboxylic acids is 1. The molecule has 0 saturated carbocycles. The van der Waals surface area contributed by atoms with Crippen molar-refractivity contribution in [2.75, 3.05) is 11.1 Å². The Morgan fingerprint density at radius 1 is 1.12 bits per heavy atom. The summed E-state index contributed by atoms with van der Waals surface area (Å²) in [5.74, 6) is -1.44. The monoisotopic (exact) mass is 468 g/mol. The molecule has 3 heterocycles. The SMILES string of the molecule is O=C(Cn1c2c(sc1=O)C1c3ccccc3OC(=O)C1CS2)Nc1ccc(C(=O)O)cc1. The molecule has 2 unspecified atom stereocenters. The van der Waals surface area contributed by atoms with Crippen LogP contribution in [-0.2, 0) is 16.1 Å². The minimum Gasteiger partial charge on any atom is -0.478 e. The van der Waals surface area contributed by atoms with Crippen molar-refractivity contribution in [3.8, 4) is 5.75 Å². The molecule has 162 valence electrons. The lowest BCUT2D eigenvalue weighted by atomic mass is 9.83. The number of carbonyl (C=O) groups is 3. The van der Waals surface area contributed by atoms with E-state index in [1.165, 1.54) is 40.6 Å². The zero-order valence-corrected chi connectivity index (χ0v) is 18.1. The molecule has 1 amide bonds. The average molecular weight is 469 g/mol. The second-order valence-electron chi connectivity index (χ2n) is 7.41. The first-order valence-corrected chi connectivity index (χ1v) is 11.5. The number of rotatable bonds is 4. The van der Waals surface area contributed by atoms with Gasteiger partial charge in [0.2, 0.25) is 5.91 Å². The fourth-order valence-corrected chi connectivity index (χ4v) is 6.62. The smallest absolute Gasteiger partial charge is 0.335 e. The predicted molar refractivity (Wildman–Crippen MR) is 119 cm³/mol. The lowest BCUT2D eigenvalue weighted by Gasteiger charge is -2.34. The van der Waals surface area contributed by atoms with Crippen LogP contribution < -0.4 is 14.9 Å². The van der Waals surface area contributed by atoms with Crippen molar-refractivity contribution in [1.82, 2.24) is 4.57 Å². The summed E-state index contributed by atoms with van der Waals surface area (Å²) >= 11 is 2.44. The number of nitrogens with one attached hydrogen (secondary N) is 1. The van der Waals surface area contributed by atoms with Gasteiger partial charge in [0.05, 0.1) is 16.5 Å². The molecular weight excluding hydrogens is 452 g/mol. The number of aromatic carboxylic acids is 1. The van der Waals surface area contributed by atoms with Crippen molar-refractivity contribution in [2.24, 2.45) is 5.92 Å². The van der Waals surface area contributed by atoms with Crippen molar-refractivity contribution >= 4 is 46.6 Å². The van der Waals surface area contributed by atoms with Gasteiger partial charge in [-0.2, -0.15) is 0 Å². The number of aromatic nitrogens is 1. The van der Waals surface area contributed by atoms with Gasteiger partial charge in [-0.1, -0.05) is 29.5 Å². The highest BCUT2D eigenvalue weighted by Crippen LogP contribution is 2.50. The molecule has 1 aromatic heterocycles. The quantitative estimate of drug-likeness (QED) is 0.447. The highest BCUT2D eigenvalue weighted by molar-refractivity contribution is 7.99. The van der Waals surface area contributed by atoms with Crippen LogP contribution in [0.1, 0.15) is 26.7 Å². The summed E-state index contributed by atoms with van der Waals surface area (Å²) in [6.07, 6.45) is 0. The second kappa shape index (κ2) is 7.95. The number of thiazole rings is 1. The molecule has 32 heavy (non-hydrogen) atoms. The van der Waals surface area contributed by atoms with Crippen LogP contribution in [0.4, 0.5) is 5.69 Å².